The van der Waals surface area contributed by atoms with Crippen LogP contribution in [-0.4, -0.2) is 30.6 Å². The van der Waals surface area contributed by atoms with Gasteiger partial charge in [0.2, 0.25) is 0 Å². The summed E-state index contributed by atoms with van der Waals surface area (Å²) in [5.41, 5.74) is -1.12. The van der Waals surface area contributed by atoms with Crippen molar-refractivity contribution >= 4 is 36.3 Å². The molecule has 8 heteroatoms. The Hall–Kier alpha value is -0.765. The molecule has 2 radical (unpaired) electrons. The third-order valence-electron chi connectivity index (χ3n) is 2.96. The van der Waals surface area contributed by atoms with Crippen molar-refractivity contribution in [3.63, 3.8) is 0 Å². The SMILES string of the molecule is [B]C1=CC(NC(=O)C(F)(F)F)=C(I)C(C(C)(O)C=C)C1. The lowest BCUT2D eigenvalue weighted by molar-refractivity contribution is -0.172. The molecule has 0 aromatic rings. The third kappa shape index (κ3) is 3.88. The van der Waals surface area contributed by atoms with Gasteiger partial charge in [0, 0.05) is 15.2 Å². The molecule has 2 unspecified atom stereocenters. The van der Waals surface area contributed by atoms with Crippen molar-refractivity contribution in [3.05, 3.63) is 33.5 Å². The predicted octanol–water partition coefficient (Wildman–Crippen LogP) is 2.32. The average molecular weight is 397 g/mol. The van der Waals surface area contributed by atoms with Crippen LogP contribution in [0.4, 0.5) is 13.2 Å². The number of rotatable bonds is 3. The summed E-state index contributed by atoms with van der Waals surface area (Å²) < 4.78 is 37.2. The van der Waals surface area contributed by atoms with Crippen LogP contribution in [0, 0.1) is 5.92 Å². The standard InChI is InChI=1S/C12H12BF3INO2/c1-3-11(2,20)7-4-6(13)5-8(9(7)17)18-10(19)12(14,15)16/h3,5,7,20H,1,4H2,2H3,(H,18,19). The molecule has 0 bridgehead atoms. The molecule has 20 heavy (non-hydrogen) atoms. The normalized spacial score (nSPS) is 22.9. The van der Waals surface area contributed by atoms with E-state index in [0.29, 0.717) is 3.58 Å². The van der Waals surface area contributed by atoms with Gasteiger partial charge in [-0.2, -0.15) is 13.2 Å². The molecule has 1 aliphatic carbocycles. The van der Waals surface area contributed by atoms with E-state index >= 15 is 0 Å². The van der Waals surface area contributed by atoms with E-state index in [0.717, 1.165) is 0 Å². The van der Waals surface area contributed by atoms with E-state index < -0.39 is 23.6 Å². The van der Waals surface area contributed by atoms with E-state index in [1.165, 1.54) is 19.1 Å². The number of amides is 1. The second kappa shape index (κ2) is 5.93. The van der Waals surface area contributed by atoms with Crippen molar-refractivity contribution in [1.82, 2.24) is 5.32 Å². The van der Waals surface area contributed by atoms with E-state index in [-0.39, 0.29) is 17.6 Å². The van der Waals surface area contributed by atoms with Crippen LogP contribution in [0.2, 0.25) is 0 Å². The van der Waals surface area contributed by atoms with Crippen molar-refractivity contribution in [2.24, 2.45) is 5.92 Å². The quantitative estimate of drug-likeness (QED) is 0.437. The lowest BCUT2D eigenvalue weighted by Crippen LogP contribution is -2.40. The van der Waals surface area contributed by atoms with Crippen molar-refractivity contribution in [2.75, 3.05) is 0 Å². The number of allylic oxidation sites excluding steroid dienone is 2. The van der Waals surface area contributed by atoms with E-state index in [4.69, 9.17) is 7.85 Å². The highest BCUT2D eigenvalue weighted by molar-refractivity contribution is 14.1. The Kier molecular flexibility index (Phi) is 5.12. The molecule has 3 nitrogen and oxygen atoms in total. The highest BCUT2D eigenvalue weighted by Gasteiger charge is 2.40. The zero-order valence-electron chi connectivity index (χ0n) is 10.6. The van der Waals surface area contributed by atoms with Gasteiger partial charge in [0.1, 0.15) is 7.85 Å². The van der Waals surface area contributed by atoms with Crippen LogP contribution in [0.5, 0.6) is 0 Å². The number of halogens is 4. The Balaban J connectivity index is 3.12. The van der Waals surface area contributed by atoms with Gasteiger partial charge in [-0.3, -0.25) is 4.79 Å². The minimum atomic E-state index is -4.99. The molecule has 0 aliphatic heterocycles. The smallest absolute Gasteiger partial charge is 0.385 e. The van der Waals surface area contributed by atoms with Crippen molar-refractivity contribution in [2.45, 2.75) is 25.1 Å². The number of carbonyl (C=O) groups is 1. The highest BCUT2D eigenvalue weighted by atomic mass is 127. The number of nitrogens with one attached hydrogen (secondary N) is 1. The minimum absolute atomic E-state index is 0.0520. The van der Waals surface area contributed by atoms with E-state index in [1.54, 1.807) is 27.9 Å². The molecule has 2 N–H and O–H groups in total. The first kappa shape index (κ1) is 17.3. The molecular weight excluding hydrogens is 385 g/mol. The molecule has 0 spiro atoms. The number of hydrogen-bond acceptors (Lipinski definition) is 2. The third-order valence-corrected chi connectivity index (χ3v) is 4.29. The van der Waals surface area contributed by atoms with Crippen molar-refractivity contribution in [3.8, 4) is 0 Å². The Morgan fingerprint density at radius 2 is 2.20 bits per heavy atom. The molecular formula is C12H12BF3INO2. The van der Waals surface area contributed by atoms with Crippen LogP contribution in [0.15, 0.2) is 33.5 Å². The Morgan fingerprint density at radius 1 is 1.65 bits per heavy atom. The first-order valence-electron chi connectivity index (χ1n) is 5.59. The average Bonchev–Trinajstić information content (AvgIpc) is 2.31. The monoisotopic (exact) mass is 397 g/mol. The molecule has 0 saturated heterocycles. The molecule has 1 aliphatic rings. The summed E-state index contributed by atoms with van der Waals surface area (Å²) in [5, 5.41) is 11.9. The van der Waals surface area contributed by atoms with Gasteiger partial charge in [-0.1, -0.05) is 6.08 Å². The fraction of sp³-hybridized carbons (Fsp3) is 0.417. The molecule has 0 aromatic carbocycles. The Labute approximate surface area is 129 Å². The fourth-order valence-electron chi connectivity index (χ4n) is 1.72. The van der Waals surface area contributed by atoms with Gasteiger partial charge in [0.15, 0.2) is 0 Å². The first-order chi connectivity index (χ1) is 8.99. The van der Waals surface area contributed by atoms with Gasteiger partial charge in [-0.05, 0) is 42.0 Å². The maximum absolute atomic E-state index is 12.3. The summed E-state index contributed by atoms with van der Waals surface area (Å²) in [6, 6.07) is 0. The van der Waals surface area contributed by atoms with Crippen molar-refractivity contribution in [1.29, 1.82) is 0 Å². The molecule has 0 aromatic heterocycles. The number of hydrogen-bond donors (Lipinski definition) is 2. The molecule has 2 atom stereocenters. The minimum Gasteiger partial charge on any atom is -0.385 e. The Morgan fingerprint density at radius 3 is 2.65 bits per heavy atom. The number of alkyl halides is 3. The highest BCUT2D eigenvalue weighted by Crippen LogP contribution is 2.39. The van der Waals surface area contributed by atoms with Crippen LogP contribution in [0.25, 0.3) is 0 Å². The van der Waals surface area contributed by atoms with E-state index in [1.807, 2.05) is 0 Å². The summed E-state index contributed by atoms with van der Waals surface area (Å²) >= 11 is 1.79. The van der Waals surface area contributed by atoms with Gasteiger partial charge < -0.3 is 10.4 Å². The van der Waals surface area contributed by atoms with Gasteiger partial charge in [-0.25, -0.2) is 0 Å². The zero-order chi connectivity index (χ0) is 15.7. The van der Waals surface area contributed by atoms with Crippen LogP contribution >= 0.6 is 22.6 Å². The molecule has 108 valence electrons. The van der Waals surface area contributed by atoms with Crippen LogP contribution in [-0.2, 0) is 4.79 Å². The van der Waals surface area contributed by atoms with Crippen LogP contribution in [0.1, 0.15) is 13.3 Å². The molecule has 1 amide bonds. The van der Waals surface area contributed by atoms with Crippen LogP contribution < -0.4 is 5.32 Å². The second-order valence-electron chi connectivity index (χ2n) is 4.62. The zero-order valence-corrected chi connectivity index (χ0v) is 12.7. The second-order valence-corrected chi connectivity index (χ2v) is 5.78. The van der Waals surface area contributed by atoms with Crippen molar-refractivity contribution < 1.29 is 23.1 Å². The number of aliphatic hydroxyl groups is 1. The van der Waals surface area contributed by atoms with Gasteiger partial charge in [-0.15, -0.1) is 12.1 Å². The number of carbonyl (C=O) groups excluding carboxylic acids is 1. The Bertz CT molecular complexity index is 497. The lowest BCUT2D eigenvalue weighted by atomic mass is 9.75. The molecule has 0 heterocycles. The van der Waals surface area contributed by atoms with Gasteiger partial charge in [0.25, 0.3) is 0 Å². The topological polar surface area (TPSA) is 49.3 Å². The summed E-state index contributed by atoms with van der Waals surface area (Å²) in [7, 11) is 5.66. The van der Waals surface area contributed by atoms with E-state index in [9.17, 15) is 23.1 Å². The maximum Gasteiger partial charge on any atom is 0.471 e. The van der Waals surface area contributed by atoms with E-state index in [2.05, 4.69) is 6.58 Å². The summed E-state index contributed by atoms with van der Waals surface area (Å²) in [6.07, 6.45) is -2.16. The predicted molar refractivity (Wildman–Crippen MR) is 78.0 cm³/mol. The van der Waals surface area contributed by atoms with Crippen LogP contribution in [0.3, 0.4) is 0 Å². The molecule has 0 fully saturated rings. The van der Waals surface area contributed by atoms with Gasteiger partial charge in [0.05, 0.1) is 5.60 Å². The summed E-state index contributed by atoms with van der Waals surface area (Å²) in [4.78, 5) is 11.0. The first-order valence-corrected chi connectivity index (χ1v) is 6.66. The maximum atomic E-state index is 12.3. The largest absolute Gasteiger partial charge is 0.471 e. The molecule has 1 rings (SSSR count). The summed E-state index contributed by atoms with van der Waals surface area (Å²) in [6.45, 7) is 4.97. The lowest BCUT2D eigenvalue weighted by Gasteiger charge is -2.34. The van der Waals surface area contributed by atoms with Gasteiger partial charge >= 0.3 is 12.1 Å². The summed E-state index contributed by atoms with van der Waals surface area (Å²) in [5.74, 6) is -2.64. The molecule has 0 saturated carbocycles. The fourth-order valence-corrected chi connectivity index (χ4v) is 2.86.